The van der Waals surface area contributed by atoms with Crippen LogP contribution >= 0.6 is 0 Å². The third-order valence-electron chi connectivity index (χ3n) is 2.72. The molecular weight excluding hydrogens is 194 g/mol. The zero-order valence-corrected chi connectivity index (χ0v) is 9.19. The minimum Gasteiger partial charge on any atom is -0.395 e. The molecule has 1 fully saturated rings. The molecule has 5 heteroatoms. The molecule has 1 saturated heterocycles. The van der Waals surface area contributed by atoms with Crippen molar-refractivity contribution >= 4 is 5.91 Å². The van der Waals surface area contributed by atoms with Gasteiger partial charge in [0.25, 0.3) is 0 Å². The third-order valence-corrected chi connectivity index (χ3v) is 2.72. The van der Waals surface area contributed by atoms with E-state index < -0.39 is 0 Å². The first-order chi connectivity index (χ1) is 7.27. The van der Waals surface area contributed by atoms with E-state index in [4.69, 9.17) is 10.8 Å². The first-order valence-electron chi connectivity index (χ1n) is 5.59. The number of carbonyl (C=O) groups excluding carboxylic acids is 1. The molecule has 1 amide bonds. The maximum Gasteiger partial charge on any atom is 0.222 e. The van der Waals surface area contributed by atoms with Crippen LogP contribution in [0.25, 0.3) is 0 Å². The van der Waals surface area contributed by atoms with Gasteiger partial charge in [-0.1, -0.05) is 0 Å². The Kier molecular flexibility index (Phi) is 5.60. The molecule has 1 aliphatic rings. The fourth-order valence-corrected chi connectivity index (χ4v) is 1.86. The molecule has 88 valence electrons. The molecule has 3 N–H and O–H groups in total. The van der Waals surface area contributed by atoms with Crippen LogP contribution in [-0.4, -0.2) is 66.7 Å². The monoisotopic (exact) mass is 215 g/mol. The summed E-state index contributed by atoms with van der Waals surface area (Å²) >= 11 is 0. The number of rotatable bonds is 7. The Hall–Kier alpha value is -0.650. The van der Waals surface area contributed by atoms with Gasteiger partial charge in [-0.2, -0.15) is 0 Å². The van der Waals surface area contributed by atoms with Gasteiger partial charge in [-0.05, 0) is 6.42 Å². The lowest BCUT2D eigenvalue weighted by molar-refractivity contribution is -0.127. The molecule has 0 aromatic rings. The summed E-state index contributed by atoms with van der Waals surface area (Å²) in [5.74, 6) is 0.256. The van der Waals surface area contributed by atoms with Crippen LogP contribution in [0.15, 0.2) is 0 Å². The molecule has 0 spiro atoms. The van der Waals surface area contributed by atoms with Crippen LogP contribution in [0.1, 0.15) is 12.8 Å². The number of carbonyl (C=O) groups is 1. The van der Waals surface area contributed by atoms with Crippen molar-refractivity contribution in [3.63, 3.8) is 0 Å². The van der Waals surface area contributed by atoms with E-state index in [0.717, 1.165) is 32.6 Å². The van der Waals surface area contributed by atoms with E-state index in [-0.39, 0.29) is 12.5 Å². The highest BCUT2D eigenvalue weighted by Crippen LogP contribution is 2.08. The van der Waals surface area contributed by atoms with Crippen molar-refractivity contribution in [2.75, 3.05) is 45.9 Å². The average molecular weight is 215 g/mol. The lowest BCUT2D eigenvalue weighted by Crippen LogP contribution is -2.39. The molecule has 1 aliphatic heterocycles. The minimum atomic E-state index is 0.147. The van der Waals surface area contributed by atoms with Crippen LogP contribution in [0.3, 0.4) is 0 Å². The van der Waals surface area contributed by atoms with Crippen LogP contribution < -0.4 is 5.73 Å². The first kappa shape index (κ1) is 12.4. The van der Waals surface area contributed by atoms with Crippen molar-refractivity contribution < 1.29 is 9.90 Å². The standard InChI is InChI=1S/C10H21N3O2/c11-3-5-12(8-9-14)6-7-13-4-1-2-10(13)15/h14H,1-9,11H2. The van der Waals surface area contributed by atoms with Crippen LogP contribution in [-0.2, 0) is 4.79 Å². The van der Waals surface area contributed by atoms with E-state index in [2.05, 4.69) is 4.90 Å². The molecule has 5 nitrogen and oxygen atoms in total. The van der Waals surface area contributed by atoms with Crippen molar-refractivity contribution in [2.45, 2.75) is 12.8 Å². The van der Waals surface area contributed by atoms with E-state index in [9.17, 15) is 4.79 Å². The summed E-state index contributed by atoms with van der Waals surface area (Å²) in [5, 5.41) is 8.84. The van der Waals surface area contributed by atoms with Crippen LogP contribution in [0.5, 0.6) is 0 Å². The summed E-state index contributed by atoms with van der Waals surface area (Å²) in [6.45, 7) is 4.61. The summed E-state index contributed by atoms with van der Waals surface area (Å²) in [7, 11) is 0. The molecule has 1 heterocycles. The smallest absolute Gasteiger partial charge is 0.222 e. The molecule has 0 aliphatic carbocycles. The molecule has 0 aromatic heterocycles. The number of aliphatic hydroxyl groups is 1. The zero-order valence-electron chi connectivity index (χ0n) is 9.19. The topological polar surface area (TPSA) is 69.8 Å². The van der Waals surface area contributed by atoms with Gasteiger partial charge in [0, 0.05) is 45.7 Å². The second kappa shape index (κ2) is 6.76. The summed E-state index contributed by atoms with van der Waals surface area (Å²) < 4.78 is 0. The number of likely N-dealkylation sites (tertiary alicyclic amines) is 1. The first-order valence-corrected chi connectivity index (χ1v) is 5.59. The molecule has 0 atom stereocenters. The van der Waals surface area contributed by atoms with E-state index >= 15 is 0 Å². The van der Waals surface area contributed by atoms with Gasteiger partial charge < -0.3 is 15.7 Å². The highest BCUT2D eigenvalue weighted by atomic mass is 16.3. The van der Waals surface area contributed by atoms with Crippen molar-refractivity contribution in [3.05, 3.63) is 0 Å². The van der Waals surface area contributed by atoms with Gasteiger partial charge in [-0.15, -0.1) is 0 Å². The van der Waals surface area contributed by atoms with Gasteiger partial charge >= 0.3 is 0 Å². The van der Waals surface area contributed by atoms with Crippen LogP contribution in [0.2, 0.25) is 0 Å². The van der Waals surface area contributed by atoms with Crippen molar-refractivity contribution in [3.8, 4) is 0 Å². The number of nitrogens with zero attached hydrogens (tertiary/aromatic N) is 2. The summed E-state index contributed by atoms with van der Waals surface area (Å²) in [6, 6.07) is 0. The van der Waals surface area contributed by atoms with Gasteiger partial charge in [0.2, 0.25) is 5.91 Å². The van der Waals surface area contributed by atoms with Crippen molar-refractivity contribution in [2.24, 2.45) is 5.73 Å². The summed E-state index contributed by atoms with van der Waals surface area (Å²) in [6.07, 6.45) is 1.67. The molecular formula is C10H21N3O2. The predicted octanol–water partition coefficient (Wildman–Crippen LogP) is -1.14. The van der Waals surface area contributed by atoms with E-state index in [0.29, 0.717) is 19.5 Å². The second-order valence-corrected chi connectivity index (χ2v) is 3.84. The Morgan fingerprint density at radius 3 is 2.73 bits per heavy atom. The van der Waals surface area contributed by atoms with Gasteiger partial charge in [-0.25, -0.2) is 0 Å². The Morgan fingerprint density at radius 1 is 1.40 bits per heavy atom. The van der Waals surface area contributed by atoms with Gasteiger partial charge in [0.1, 0.15) is 0 Å². The van der Waals surface area contributed by atoms with Crippen LogP contribution in [0, 0.1) is 0 Å². The fraction of sp³-hybridized carbons (Fsp3) is 0.900. The van der Waals surface area contributed by atoms with Crippen molar-refractivity contribution in [1.29, 1.82) is 0 Å². The van der Waals surface area contributed by atoms with E-state index in [1.165, 1.54) is 0 Å². The number of nitrogens with two attached hydrogens (primary N) is 1. The molecule has 15 heavy (non-hydrogen) atoms. The Morgan fingerprint density at radius 2 is 2.20 bits per heavy atom. The minimum absolute atomic E-state index is 0.147. The summed E-state index contributed by atoms with van der Waals surface area (Å²) in [5.41, 5.74) is 5.47. The Balaban J connectivity index is 2.22. The normalized spacial score (nSPS) is 16.7. The summed E-state index contributed by atoms with van der Waals surface area (Å²) in [4.78, 5) is 15.3. The Labute approximate surface area is 90.8 Å². The molecule has 0 saturated carbocycles. The van der Waals surface area contributed by atoms with E-state index in [1.54, 1.807) is 0 Å². The number of aliphatic hydroxyl groups excluding tert-OH is 1. The lowest BCUT2D eigenvalue weighted by atomic mass is 10.4. The highest BCUT2D eigenvalue weighted by molar-refractivity contribution is 5.78. The molecule has 0 bridgehead atoms. The second-order valence-electron chi connectivity index (χ2n) is 3.84. The average Bonchev–Trinajstić information content (AvgIpc) is 2.61. The number of hydrogen-bond donors (Lipinski definition) is 2. The predicted molar refractivity (Wildman–Crippen MR) is 58.4 cm³/mol. The fourth-order valence-electron chi connectivity index (χ4n) is 1.86. The van der Waals surface area contributed by atoms with Crippen LogP contribution in [0.4, 0.5) is 0 Å². The molecule has 0 radical (unpaired) electrons. The highest BCUT2D eigenvalue weighted by Gasteiger charge is 2.19. The largest absolute Gasteiger partial charge is 0.395 e. The SMILES string of the molecule is NCCN(CCO)CCN1CCCC1=O. The third kappa shape index (κ3) is 4.15. The zero-order chi connectivity index (χ0) is 11.1. The molecule has 0 unspecified atom stereocenters. The maximum absolute atomic E-state index is 11.3. The lowest BCUT2D eigenvalue weighted by Gasteiger charge is -2.24. The van der Waals surface area contributed by atoms with E-state index in [1.807, 2.05) is 4.90 Å². The van der Waals surface area contributed by atoms with Gasteiger partial charge in [0.05, 0.1) is 6.61 Å². The maximum atomic E-state index is 11.3. The number of amides is 1. The van der Waals surface area contributed by atoms with Gasteiger partial charge in [0.15, 0.2) is 0 Å². The van der Waals surface area contributed by atoms with Crippen molar-refractivity contribution in [1.82, 2.24) is 9.80 Å². The molecule has 0 aromatic carbocycles. The Bertz CT molecular complexity index is 193. The number of hydrogen-bond acceptors (Lipinski definition) is 4. The molecule has 1 rings (SSSR count). The van der Waals surface area contributed by atoms with Gasteiger partial charge in [-0.3, -0.25) is 9.69 Å². The quantitative estimate of drug-likeness (QED) is 0.563.